The first-order valence-corrected chi connectivity index (χ1v) is 7.46. The average Bonchev–Trinajstić information content (AvgIpc) is 2.45. The van der Waals surface area contributed by atoms with Crippen molar-refractivity contribution in [2.24, 2.45) is 0 Å². The molecule has 1 aromatic rings. The largest absolute Gasteiger partial charge is 0.314 e. The molecule has 1 fully saturated rings. The van der Waals surface area contributed by atoms with Gasteiger partial charge in [-0.15, -0.1) is 0 Å². The lowest BCUT2D eigenvalue weighted by Crippen LogP contribution is -2.43. The Morgan fingerprint density at radius 3 is 2.79 bits per heavy atom. The Morgan fingerprint density at radius 2 is 2.11 bits per heavy atom. The SMILES string of the molecule is CNC(CCCN1CCNCC1)c1cccc(C)c1. The molecule has 1 aliphatic heterocycles. The molecule has 0 radical (unpaired) electrons. The average molecular weight is 261 g/mol. The molecule has 2 N–H and O–H groups in total. The van der Waals surface area contributed by atoms with Crippen molar-refractivity contribution < 1.29 is 0 Å². The maximum absolute atomic E-state index is 3.45. The van der Waals surface area contributed by atoms with Gasteiger partial charge in [0.15, 0.2) is 0 Å². The molecule has 1 saturated heterocycles. The highest BCUT2D eigenvalue weighted by atomic mass is 15.2. The number of nitrogens with zero attached hydrogens (tertiary/aromatic N) is 1. The van der Waals surface area contributed by atoms with E-state index in [9.17, 15) is 0 Å². The Balaban J connectivity index is 1.79. The van der Waals surface area contributed by atoms with E-state index in [1.54, 1.807) is 0 Å². The summed E-state index contributed by atoms with van der Waals surface area (Å²) in [7, 11) is 2.07. The van der Waals surface area contributed by atoms with E-state index in [1.807, 2.05) is 0 Å². The molecule has 0 saturated carbocycles. The maximum Gasteiger partial charge on any atom is 0.0318 e. The molecule has 106 valence electrons. The lowest BCUT2D eigenvalue weighted by atomic mass is 10.0. The number of hydrogen-bond acceptors (Lipinski definition) is 3. The van der Waals surface area contributed by atoms with E-state index in [-0.39, 0.29) is 0 Å². The highest BCUT2D eigenvalue weighted by molar-refractivity contribution is 5.24. The van der Waals surface area contributed by atoms with Gasteiger partial charge in [-0.05, 0) is 38.9 Å². The molecule has 1 heterocycles. The van der Waals surface area contributed by atoms with Crippen LogP contribution in [0.4, 0.5) is 0 Å². The van der Waals surface area contributed by atoms with Crippen LogP contribution in [-0.4, -0.2) is 44.7 Å². The van der Waals surface area contributed by atoms with Crippen LogP contribution in [0.25, 0.3) is 0 Å². The van der Waals surface area contributed by atoms with Crippen LogP contribution in [0.1, 0.15) is 30.0 Å². The summed E-state index contributed by atoms with van der Waals surface area (Å²) in [6, 6.07) is 9.34. The molecule has 1 aliphatic rings. The number of piperazine rings is 1. The topological polar surface area (TPSA) is 27.3 Å². The Morgan fingerprint density at radius 1 is 1.32 bits per heavy atom. The van der Waals surface area contributed by atoms with Gasteiger partial charge < -0.3 is 15.5 Å². The summed E-state index contributed by atoms with van der Waals surface area (Å²) in [4.78, 5) is 2.57. The molecule has 1 atom stereocenters. The summed E-state index contributed by atoms with van der Waals surface area (Å²) < 4.78 is 0. The molecular weight excluding hydrogens is 234 g/mol. The zero-order chi connectivity index (χ0) is 13.5. The number of hydrogen-bond donors (Lipinski definition) is 2. The van der Waals surface area contributed by atoms with E-state index < -0.39 is 0 Å². The van der Waals surface area contributed by atoms with Crippen molar-refractivity contribution >= 4 is 0 Å². The monoisotopic (exact) mass is 261 g/mol. The van der Waals surface area contributed by atoms with Crippen LogP contribution in [0.2, 0.25) is 0 Å². The second-order valence-electron chi connectivity index (χ2n) is 5.49. The first-order chi connectivity index (χ1) is 9.29. The standard InChI is InChI=1S/C16H27N3/c1-14-5-3-6-15(13-14)16(17-2)7-4-10-19-11-8-18-9-12-19/h3,5-6,13,16-18H,4,7-12H2,1-2H3. The van der Waals surface area contributed by atoms with Gasteiger partial charge in [-0.1, -0.05) is 29.8 Å². The maximum atomic E-state index is 3.45. The fourth-order valence-electron chi connectivity index (χ4n) is 2.82. The molecule has 0 bridgehead atoms. The van der Waals surface area contributed by atoms with Gasteiger partial charge in [0.1, 0.15) is 0 Å². The molecule has 0 spiro atoms. The third-order valence-corrected chi connectivity index (χ3v) is 3.97. The summed E-state index contributed by atoms with van der Waals surface area (Å²) in [6.07, 6.45) is 2.48. The minimum atomic E-state index is 0.489. The van der Waals surface area contributed by atoms with E-state index in [4.69, 9.17) is 0 Å². The van der Waals surface area contributed by atoms with Crippen LogP contribution in [0, 0.1) is 6.92 Å². The highest BCUT2D eigenvalue weighted by Crippen LogP contribution is 2.19. The van der Waals surface area contributed by atoms with Gasteiger partial charge in [0, 0.05) is 32.2 Å². The summed E-state index contributed by atoms with van der Waals surface area (Å²) in [5.41, 5.74) is 2.77. The molecule has 1 unspecified atom stereocenters. The van der Waals surface area contributed by atoms with Gasteiger partial charge in [0.2, 0.25) is 0 Å². The zero-order valence-corrected chi connectivity index (χ0v) is 12.3. The summed E-state index contributed by atoms with van der Waals surface area (Å²) in [5.74, 6) is 0. The van der Waals surface area contributed by atoms with E-state index in [1.165, 1.54) is 43.6 Å². The molecule has 3 nitrogen and oxygen atoms in total. The van der Waals surface area contributed by atoms with Gasteiger partial charge in [-0.3, -0.25) is 0 Å². The Bertz CT molecular complexity index is 372. The minimum absolute atomic E-state index is 0.489. The minimum Gasteiger partial charge on any atom is -0.314 e. The normalized spacial score (nSPS) is 18.4. The summed E-state index contributed by atoms with van der Waals surface area (Å²) in [6.45, 7) is 8.09. The van der Waals surface area contributed by atoms with Crippen molar-refractivity contribution in [1.29, 1.82) is 0 Å². The van der Waals surface area contributed by atoms with Gasteiger partial charge in [0.25, 0.3) is 0 Å². The van der Waals surface area contributed by atoms with Crippen molar-refractivity contribution in [2.75, 3.05) is 39.8 Å². The third kappa shape index (κ3) is 4.60. The lowest BCUT2D eigenvalue weighted by Gasteiger charge is -2.27. The molecule has 0 amide bonds. The van der Waals surface area contributed by atoms with E-state index >= 15 is 0 Å². The van der Waals surface area contributed by atoms with Crippen molar-refractivity contribution in [3.63, 3.8) is 0 Å². The quantitative estimate of drug-likeness (QED) is 0.819. The molecule has 2 rings (SSSR count). The molecule has 1 aromatic carbocycles. The van der Waals surface area contributed by atoms with Crippen LogP contribution in [0.3, 0.4) is 0 Å². The predicted molar refractivity (Wildman–Crippen MR) is 81.5 cm³/mol. The van der Waals surface area contributed by atoms with Gasteiger partial charge in [0.05, 0.1) is 0 Å². The fraction of sp³-hybridized carbons (Fsp3) is 0.625. The van der Waals surface area contributed by atoms with Crippen LogP contribution >= 0.6 is 0 Å². The molecule has 0 aliphatic carbocycles. The number of nitrogens with one attached hydrogen (secondary N) is 2. The fourth-order valence-corrected chi connectivity index (χ4v) is 2.82. The van der Waals surface area contributed by atoms with E-state index in [0.29, 0.717) is 6.04 Å². The summed E-state index contributed by atoms with van der Waals surface area (Å²) in [5, 5.41) is 6.86. The van der Waals surface area contributed by atoms with Gasteiger partial charge in [-0.25, -0.2) is 0 Å². The Labute approximate surface area is 117 Å². The van der Waals surface area contributed by atoms with Gasteiger partial charge in [-0.2, -0.15) is 0 Å². The zero-order valence-electron chi connectivity index (χ0n) is 12.3. The van der Waals surface area contributed by atoms with Crippen molar-refractivity contribution in [3.8, 4) is 0 Å². The third-order valence-electron chi connectivity index (χ3n) is 3.97. The van der Waals surface area contributed by atoms with Crippen LogP contribution < -0.4 is 10.6 Å². The molecule has 19 heavy (non-hydrogen) atoms. The van der Waals surface area contributed by atoms with Crippen LogP contribution in [-0.2, 0) is 0 Å². The first kappa shape index (κ1) is 14.5. The number of benzene rings is 1. The Kier molecular flexibility index (Phi) is 5.83. The predicted octanol–water partition coefficient (Wildman–Crippen LogP) is 1.94. The second-order valence-corrected chi connectivity index (χ2v) is 5.49. The summed E-state index contributed by atoms with van der Waals surface area (Å²) >= 11 is 0. The van der Waals surface area contributed by atoms with Crippen molar-refractivity contribution in [1.82, 2.24) is 15.5 Å². The van der Waals surface area contributed by atoms with Crippen LogP contribution in [0.5, 0.6) is 0 Å². The lowest BCUT2D eigenvalue weighted by molar-refractivity contribution is 0.233. The smallest absolute Gasteiger partial charge is 0.0318 e. The number of rotatable bonds is 6. The molecular formula is C16H27N3. The van der Waals surface area contributed by atoms with Crippen molar-refractivity contribution in [2.45, 2.75) is 25.8 Å². The first-order valence-electron chi connectivity index (χ1n) is 7.46. The number of aryl methyl sites for hydroxylation is 1. The second kappa shape index (κ2) is 7.63. The van der Waals surface area contributed by atoms with Gasteiger partial charge >= 0.3 is 0 Å². The van der Waals surface area contributed by atoms with Crippen molar-refractivity contribution in [3.05, 3.63) is 35.4 Å². The molecule has 3 heteroatoms. The molecule has 0 aromatic heterocycles. The van der Waals surface area contributed by atoms with Crippen LogP contribution in [0.15, 0.2) is 24.3 Å². The van der Waals surface area contributed by atoms with E-state index in [0.717, 1.165) is 13.1 Å². The Hall–Kier alpha value is -0.900. The van der Waals surface area contributed by atoms with E-state index in [2.05, 4.69) is 53.8 Å². The highest BCUT2D eigenvalue weighted by Gasteiger charge is 2.12.